The number of carbonyl (C=O) groups is 1. The topological polar surface area (TPSA) is 77.5 Å². The van der Waals surface area contributed by atoms with Crippen LogP contribution in [0.2, 0.25) is 0 Å². The van der Waals surface area contributed by atoms with Crippen molar-refractivity contribution in [1.82, 2.24) is 20.5 Å². The highest BCUT2D eigenvalue weighted by Crippen LogP contribution is 2.13. The summed E-state index contributed by atoms with van der Waals surface area (Å²) in [6, 6.07) is 6.14. The molecule has 1 aromatic rings. The van der Waals surface area contributed by atoms with Crippen LogP contribution in [0.25, 0.3) is 0 Å². The number of piperidine rings is 1. The summed E-state index contributed by atoms with van der Waals surface area (Å²) in [5.41, 5.74) is 1.09. The lowest BCUT2D eigenvalue weighted by Crippen LogP contribution is -2.50. The second-order valence-electron chi connectivity index (χ2n) is 6.11. The van der Waals surface area contributed by atoms with Crippen molar-refractivity contribution in [3.8, 4) is 0 Å². The van der Waals surface area contributed by atoms with Gasteiger partial charge < -0.3 is 15.7 Å². The number of amides is 2. The van der Waals surface area contributed by atoms with Gasteiger partial charge in [0.25, 0.3) is 0 Å². The Morgan fingerprint density at radius 1 is 1.43 bits per heavy atom. The number of aliphatic hydroxyl groups is 1. The smallest absolute Gasteiger partial charge is 0.315 e. The summed E-state index contributed by atoms with van der Waals surface area (Å²) < 4.78 is 0. The van der Waals surface area contributed by atoms with Gasteiger partial charge in [-0.2, -0.15) is 0 Å². The lowest BCUT2D eigenvalue weighted by atomic mass is 10.0. The Morgan fingerprint density at radius 2 is 2.22 bits per heavy atom. The van der Waals surface area contributed by atoms with Crippen LogP contribution in [0.15, 0.2) is 24.4 Å². The summed E-state index contributed by atoms with van der Waals surface area (Å²) in [7, 11) is 0. The van der Waals surface area contributed by atoms with Gasteiger partial charge >= 0.3 is 6.03 Å². The third-order valence-corrected chi connectivity index (χ3v) is 4.34. The molecule has 0 saturated carbocycles. The van der Waals surface area contributed by atoms with E-state index in [1.165, 1.54) is 0 Å². The van der Waals surface area contributed by atoms with Crippen molar-refractivity contribution < 1.29 is 9.90 Å². The van der Waals surface area contributed by atoms with Gasteiger partial charge in [0.2, 0.25) is 0 Å². The Labute approximate surface area is 138 Å². The number of aliphatic hydroxyl groups excluding tert-OH is 1. The van der Waals surface area contributed by atoms with Crippen LogP contribution in [-0.2, 0) is 6.54 Å². The molecule has 23 heavy (non-hydrogen) atoms. The van der Waals surface area contributed by atoms with E-state index in [0.29, 0.717) is 6.42 Å². The molecule has 0 aromatic carbocycles. The van der Waals surface area contributed by atoms with Crippen molar-refractivity contribution in [3.63, 3.8) is 0 Å². The van der Waals surface area contributed by atoms with E-state index in [1.807, 2.05) is 31.3 Å². The number of urea groups is 1. The number of nitrogens with one attached hydrogen (secondary N) is 2. The van der Waals surface area contributed by atoms with Crippen molar-refractivity contribution in [2.24, 2.45) is 0 Å². The van der Waals surface area contributed by atoms with Gasteiger partial charge in [0.15, 0.2) is 0 Å². The first-order chi connectivity index (χ1) is 11.2. The molecular weight excluding hydrogens is 292 g/mol. The molecule has 0 bridgehead atoms. The Bertz CT molecular complexity index is 461. The SMILES string of the molecule is CCC(CCO)NC(=O)NC1CCN(Cc2ccccn2)CC1. The standard InChI is InChI=1S/C17H28N4O2/c1-2-14(8-12-22)19-17(23)20-15-6-10-21(11-7-15)13-16-5-3-4-9-18-16/h3-5,9,14-15,22H,2,6-8,10-13H2,1H3,(H2,19,20,23). The van der Waals surface area contributed by atoms with Gasteiger partial charge in [-0.25, -0.2) is 4.79 Å². The molecule has 0 spiro atoms. The largest absolute Gasteiger partial charge is 0.396 e. The van der Waals surface area contributed by atoms with E-state index in [9.17, 15) is 4.79 Å². The van der Waals surface area contributed by atoms with E-state index >= 15 is 0 Å². The molecule has 1 aliphatic rings. The number of hydrogen-bond acceptors (Lipinski definition) is 4. The molecule has 2 heterocycles. The number of pyridine rings is 1. The minimum absolute atomic E-state index is 0.0456. The normalized spacial score (nSPS) is 17.7. The van der Waals surface area contributed by atoms with Gasteiger partial charge in [-0.1, -0.05) is 13.0 Å². The number of nitrogens with zero attached hydrogens (tertiary/aromatic N) is 2. The van der Waals surface area contributed by atoms with Crippen molar-refractivity contribution in [3.05, 3.63) is 30.1 Å². The number of hydrogen-bond donors (Lipinski definition) is 3. The monoisotopic (exact) mass is 320 g/mol. The maximum atomic E-state index is 12.0. The highest BCUT2D eigenvalue weighted by Gasteiger charge is 2.21. The molecule has 0 radical (unpaired) electrons. The van der Waals surface area contributed by atoms with E-state index < -0.39 is 0 Å². The highest BCUT2D eigenvalue weighted by atomic mass is 16.3. The molecule has 2 amide bonds. The predicted molar refractivity (Wildman–Crippen MR) is 90.0 cm³/mol. The third-order valence-electron chi connectivity index (χ3n) is 4.34. The van der Waals surface area contributed by atoms with Gasteiger partial charge in [-0.3, -0.25) is 9.88 Å². The molecular formula is C17H28N4O2. The zero-order valence-electron chi connectivity index (χ0n) is 13.9. The van der Waals surface area contributed by atoms with Crippen LogP contribution in [0.4, 0.5) is 4.79 Å². The van der Waals surface area contributed by atoms with E-state index in [0.717, 1.165) is 44.6 Å². The maximum absolute atomic E-state index is 12.0. The van der Waals surface area contributed by atoms with Crippen molar-refractivity contribution in [2.75, 3.05) is 19.7 Å². The maximum Gasteiger partial charge on any atom is 0.315 e. The minimum atomic E-state index is -0.117. The van der Waals surface area contributed by atoms with Gasteiger partial charge in [0, 0.05) is 44.5 Å². The summed E-state index contributed by atoms with van der Waals surface area (Å²) in [4.78, 5) is 18.7. The molecule has 1 fully saturated rings. The van der Waals surface area contributed by atoms with Crippen LogP contribution in [0.3, 0.4) is 0 Å². The van der Waals surface area contributed by atoms with Crippen LogP contribution in [0, 0.1) is 0 Å². The van der Waals surface area contributed by atoms with Crippen LogP contribution < -0.4 is 10.6 Å². The molecule has 1 aromatic heterocycles. The van der Waals surface area contributed by atoms with Crippen LogP contribution in [-0.4, -0.2) is 52.8 Å². The van der Waals surface area contributed by atoms with Crippen molar-refractivity contribution in [1.29, 1.82) is 0 Å². The summed E-state index contributed by atoms with van der Waals surface area (Å²) in [6.45, 7) is 4.92. The molecule has 0 aliphatic carbocycles. The number of likely N-dealkylation sites (tertiary alicyclic amines) is 1. The van der Waals surface area contributed by atoms with E-state index in [2.05, 4.69) is 20.5 Å². The molecule has 6 nitrogen and oxygen atoms in total. The van der Waals surface area contributed by atoms with Gasteiger partial charge in [0.05, 0.1) is 5.69 Å². The summed E-state index contributed by atoms with van der Waals surface area (Å²) in [5, 5.41) is 15.0. The lowest BCUT2D eigenvalue weighted by molar-refractivity contribution is 0.183. The van der Waals surface area contributed by atoms with E-state index in [4.69, 9.17) is 5.11 Å². The molecule has 1 saturated heterocycles. The molecule has 128 valence electrons. The average molecular weight is 320 g/mol. The van der Waals surface area contributed by atoms with E-state index in [1.54, 1.807) is 0 Å². The molecule has 1 aliphatic heterocycles. The third kappa shape index (κ3) is 6.15. The predicted octanol–water partition coefficient (Wildman–Crippen LogP) is 1.51. The Kier molecular flexibility index (Phi) is 7.29. The first-order valence-corrected chi connectivity index (χ1v) is 8.51. The first kappa shape index (κ1) is 17.7. The fourth-order valence-electron chi connectivity index (χ4n) is 2.90. The lowest BCUT2D eigenvalue weighted by Gasteiger charge is -2.32. The van der Waals surface area contributed by atoms with Crippen LogP contribution in [0.5, 0.6) is 0 Å². The second-order valence-corrected chi connectivity index (χ2v) is 6.11. The zero-order valence-corrected chi connectivity index (χ0v) is 13.9. The Balaban J connectivity index is 1.69. The fourth-order valence-corrected chi connectivity index (χ4v) is 2.90. The average Bonchev–Trinajstić information content (AvgIpc) is 2.57. The van der Waals surface area contributed by atoms with Crippen LogP contribution in [0.1, 0.15) is 38.3 Å². The fraction of sp³-hybridized carbons (Fsp3) is 0.647. The Hall–Kier alpha value is -1.66. The summed E-state index contributed by atoms with van der Waals surface area (Å²) in [6.07, 6.45) is 5.17. The molecule has 1 atom stereocenters. The van der Waals surface area contributed by atoms with Crippen molar-refractivity contribution >= 4 is 6.03 Å². The summed E-state index contributed by atoms with van der Waals surface area (Å²) in [5.74, 6) is 0. The molecule has 1 unspecified atom stereocenters. The second kappa shape index (κ2) is 9.47. The number of rotatable bonds is 7. The zero-order chi connectivity index (χ0) is 16.5. The van der Waals surface area contributed by atoms with Crippen LogP contribution >= 0.6 is 0 Å². The van der Waals surface area contributed by atoms with Gasteiger partial charge in [0.1, 0.15) is 0 Å². The summed E-state index contributed by atoms with van der Waals surface area (Å²) >= 11 is 0. The molecule has 3 N–H and O–H groups in total. The number of carbonyl (C=O) groups excluding carboxylic acids is 1. The van der Waals surface area contributed by atoms with Crippen molar-refractivity contribution in [2.45, 2.75) is 51.2 Å². The van der Waals surface area contributed by atoms with Gasteiger partial charge in [-0.15, -0.1) is 0 Å². The minimum Gasteiger partial charge on any atom is -0.396 e. The van der Waals surface area contributed by atoms with Gasteiger partial charge in [-0.05, 0) is 37.8 Å². The Morgan fingerprint density at radius 3 is 2.83 bits per heavy atom. The first-order valence-electron chi connectivity index (χ1n) is 8.51. The molecule has 6 heteroatoms. The molecule has 2 rings (SSSR count). The highest BCUT2D eigenvalue weighted by molar-refractivity contribution is 5.74. The number of aromatic nitrogens is 1. The van der Waals surface area contributed by atoms with E-state index in [-0.39, 0.29) is 24.7 Å². The quantitative estimate of drug-likeness (QED) is 0.711.